The summed E-state index contributed by atoms with van der Waals surface area (Å²) >= 11 is 0. The van der Waals surface area contributed by atoms with Crippen molar-refractivity contribution in [3.8, 4) is 0 Å². The normalized spacial score (nSPS) is 25.1. The molecule has 0 bridgehead atoms. The van der Waals surface area contributed by atoms with Crippen LogP contribution < -0.4 is 10.6 Å². The largest absolute Gasteiger partial charge is 0.480 e. The van der Waals surface area contributed by atoms with Gasteiger partial charge in [-0.15, -0.1) is 0 Å². The number of hydrogen-bond acceptors (Lipinski definition) is 3. The molecule has 5 heteroatoms. The van der Waals surface area contributed by atoms with E-state index in [0.29, 0.717) is 6.54 Å². The molecule has 0 radical (unpaired) electrons. The molecule has 0 spiro atoms. The van der Waals surface area contributed by atoms with Crippen LogP contribution in [0.1, 0.15) is 46.5 Å². The van der Waals surface area contributed by atoms with Crippen molar-refractivity contribution in [2.45, 2.75) is 52.5 Å². The molecule has 0 aromatic rings. The van der Waals surface area contributed by atoms with Gasteiger partial charge in [0.25, 0.3) is 0 Å². The van der Waals surface area contributed by atoms with Crippen LogP contribution in [0.5, 0.6) is 0 Å². The summed E-state index contributed by atoms with van der Waals surface area (Å²) in [7, 11) is 0. The average Bonchev–Trinajstić information content (AvgIpc) is 2.36. The van der Waals surface area contributed by atoms with Gasteiger partial charge in [0, 0.05) is 6.54 Å². The number of carbonyl (C=O) groups excluding carboxylic acids is 1. The minimum atomic E-state index is -0.959. The van der Waals surface area contributed by atoms with Crippen LogP contribution in [0.2, 0.25) is 0 Å². The summed E-state index contributed by atoms with van der Waals surface area (Å²) in [5.74, 6) is -1.18. The van der Waals surface area contributed by atoms with E-state index in [4.69, 9.17) is 0 Å². The van der Waals surface area contributed by atoms with Gasteiger partial charge < -0.3 is 15.7 Å². The summed E-state index contributed by atoms with van der Waals surface area (Å²) in [6.45, 7) is 7.26. The first-order chi connectivity index (χ1) is 8.93. The van der Waals surface area contributed by atoms with Crippen LogP contribution in [0, 0.1) is 11.3 Å². The topological polar surface area (TPSA) is 78.4 Å². The number of carbonyl (C=O) groups is 2. The molecule has 0 saturated carbocycles. The highest BCUT2D eigenvalue weighted by Gasteiger charge is 2.40. The van der Waals surface area contributed by atoms with E-state index in [2.05, 4.69) is 17.6 Å². The van der Waals surface area contributed by atoms with Crippen molar-refractivity contribution in [3.05, 3.63) is 0 Å². The van der Waals surface area contributed by atoms with Gasteiger partial charge in [0.05, 0.1) is 5.41 Å². The van der Waals surface area contributed by atoms with Crippen LogP contribution in [-0.4, -0.2) is 36.1 Å². The van der Waals surface area contributed by atoms with Gasteiger partial charge >= 0.3 is 5.97 Å². The van der Waals surface area contributed by atoms with Gasteiger partial charge in [-0.3, -0.25) is 4.79 Å². The maximum atomic E-state index is 12.5. The third-order valence-corrected chi connectivity index (χ3v) is 3.90. The van der Waals surface area contributed by atoms with Gasteiger partial charge in [0.2, 0.25) is 5.91 Å². The Balaban J connectivity index is 2.79. The number of amides is 1. The molecule has 3 N–H and O–H groups in total. The van der Waals surface area contributed by atoms with Crippen LogP contribution in [0.3, 0.4) is 0 Å². The van der Waals surface area contributed by atoms with Gasteiger partial charge in [0.1, 0.15) is 6.04 Å². The molecule has 5 nitrogen and oxygen atoms in total. The number of hydrogen-bond donors (Lipinski definition) is 3. The first-order valence-corrected chi connectivity index (χ1v) is 7.17. The monoisotopic (exact) mass is 270 g/mol. The fraction of sp³-hybridized carbons (Fsp3) is 0.857. The lowest BCUT2D eigenvalue weighted by atomic mass is 9.76. The molecule has 2 atom stereocenters. The van der Waals surface area contributed by atoms with E-state index in [1.54, 1.807) is 0 Å². The van der Waals surface area contributed by atoms with E-state index >= 15 is 0 Å². The van der Waals surface area contributed by atoms with Crippen molar-refractivity contribution >= 4 is 11.9 Å². The average molecular weight is 270 g/mol. The predicted octanol–water partition coefficient (Wildman–Crippen LogP) is 1.38. The van der Waals surface area contributed by atoms with Gasteiger partial charge in [-0.25, -0.2) is 4.79 Å². The van der Waals surface area contributed by atoms with E-state index in [9.17, 15) is 14.7 Å². The highest BCUT2D eigenvalue weighted by Crippen LogP contribution is 2.32. The highest BCUT2D eigenvalue weighted by atomic mass is 16.4. The van der Waals surface area contributed by atoms with Crippen LogP contribution >= 0.6 is 0 Å². The molecule has 1 saturated heterocycles. The van der Waals surface area contributed by atoms with Crippen LogP contribution in [-0.2, 0) is 9.59 Å². The van der Waals surface area contributed by atoms with E-state index in [1.165, 1.54) is 0 Å². The van der Waals surface area contributed by atoms with Crippen LogP contribution in [0.4, 0.5) is 0 Å². The number of carboxylic acids is 1. The molecule has 110 valence electrons. The van der Waals surface area contributed by atoms with E-state index in [0.717, 1.165) is 32.2 Å². The third-order valence-electron chi connectivity index (χ3n) is 3.90. The van der Waals surface area contributed by atoms with Crippen LogP contribution in [0.25, 0.3) is 0 Å². The number of carboxylic acid groups (broad SMARTS) is 1. The molecule has 1 aliphatic heterocycles. The summed E-state index contributed by atoms with van der Waals surface area (Å²) in [4.78, 5) is 23.7. The van der Waals surface area contributed by atoms with Gasteiger partial charge in [-0.2, -0.15) is 0 Å². The maximum absolute atomic E-state index is 12.5. The smallest absolute Gasteiger partial charge is 0.326 e. The van der Waals surface area contributed by atoms with Crippen molar-refractivity contribution in [1.82, 2.24) is 10.6 Å². The Morgan fingerprint density at radius 3 is 2.53 bits per heavy atom. The fourth-order valence-electron chi connectivity index (χ4n) is 2.77. The third kappa shape index (κ3) is 3.93. The van der Waals surface area contributed by atoms with Crippen molar-refractivity contribution in [1.29, 1.82) is 0 Å². The summed E-state index contributed by atoms with van der Waals surface area (Å²) in [6, 6.07) is -0.803. The SMILES string of the molecule is CCCC1(C(=O)N[C@@H](C(=O)O)C(C)C)CCCNC1. The minimum absolute atomic E-state index is 0.109. The molecule has 0 aliphatic carbocycles. The Hall–Kier alpha value is -1.10. The summed E-state index contributed by atoms with van der Waals surface area (Å²) in [6.07, 6.45) is 3.53. The lowest BCUT2D eigenvalue weighted by Crippen LogP contribution is -2.55. The summed E-state index contributed by atoms with van der Waals surface area (Å²) in [5.41, 5.74) is -0.435. The predicted molar refractivity (Wildman–Crippen MR) is 73.8 cm³/mol. The van der Waals surface area contributed by atoms with Crippen LogP contribution in [0.15, 0.2) is 0 Å². The quantitative estimate of drug-likeness (QED) is 0.681. The summed E-state index contributed by atoms with van der Waals surface area (Å²) in [5, 5.41) is 15.2. The van der Waals surface area contributed by atoms with E-state index < -0.39 is 17.4 Å². The lowest BCUT2D eigenvalue weighted by Gasteiger charge is -2.37. The number of rotatable bonds is 6. The molecule has 1 amide bonds. The molecule has 1 heterocycles. The molecule has 1 fully saturated rings. The molecule has 0 aromatic carbocycles. The zero-order valence-corrected chi connectivity index (χ0v) is 12.2. The van der Waals surface area contributed by atoms with Crippen molar-refractivity contribution < 1.29 is 14.7 Å². The Labute approximate surface area is 115 Å². The molecular formula is C14H26N2O3. The molecular weight excluding hydrogens is 244 g/mol. The number of piperidine rings is 1. The van der Waals surface area contributed by atoms with Crippen molar-refractivity contribution in [2.75, 3.05) is 13.1 Å². The Morgan fingerprint density at radius 1 is 1.42 bits per heavy atom. The lowest BCUT2D eigenvalue weighted by molar-refractivity contribution is -0.145. The standard InChI is InChI=1S/C14H26N2O3/c1-4-6-14(7-5-8-15-9-14)13(19)16-11(10(2)3)12(17)18/h10-11,15H,4-9H2,1-3H3,(H,16,19)(H,17,18)/t11-,14?/m1/s1. The Kier molecular flexibility index (Phi) is 5.79. The minimum Gasteiger partial charge on any atom is -0.480 e. The van der Waals surface area contributed by atoms with Crippen molar-refractivity contribution in [2.24, 2.45) is 11.3 Å². The second kappa shape index (κ2) is 6.89. The molecule has 1 rings (SSSR count). The molecule has 0 aromatic heterocycles. The van der Waals surface area contributed by atoms with E-state index in [-0.39, 0.29) is 11.8 Å². The van der Waals surface area contributed by atoms with Gasteiger partial charge in [0.15, 0.2) is 0 Å². The number of nitrogens with one attached hydrogen (secondary N) is 2. The Bertz CT molecular complexity index is 317. The van der Waals surface area contributed by atoms with E-state index in [1.807, 2.05) is 13.8 Å². The zero-order chi connectivity index (χ0) is 14.5. The molecule has 19 heavy (non-hydrogen) atoms. The second-order valence-corrected chi connectivity index (χ2v) is 5.84. The van der Waals surface area contributed by atoms with Crippen molar-refractivity contribution in [3.63, 3.8) is 0 Å². The first kappa shape index (κ1) is 16.0. The zero-order valence-electron chi connectivity index (χ0n) is 12.2. The molecule has 1 aliphatic rings. The van der Waals surface area contributed by atoms with Gasteiger partial charge in [-0.1, -0.05) is 27.2 Å². The first-order valence-electron chi connectivity index (χ1n) is 7.17. The summed E-state index contributed by atoms with van der Waals surface area (Å²) < 4.78 is 0. The highest BCUT2D eigenvalue weighted by molar-refractivity contribution is 5.87. The maximum Gasteiger partial charge on any atom is 0.326 e. The molecule has 1 unspecified atom stereocenters. The van der Waals surface area contributed by atoms with Gasteiger partial charge in [-0.05, 0) is 31.7 Å². The Morgan fingerprint density at radius 2 is 2.11 bits per heavy atom. The number of aliphatic carboxylic acids is 1. The second-order valence-electron chi connectivity index (χ2n) is 5.84. The fourth-order valence-corrected chi connectivity index (χ4v) is 2.77.